The van der Waals surface area contributed by atoms with Gasteiger partial charge in [-0.25, -0.2) is 0 Å². The van der Waals surface area contributed by atoms with Gasteiger partial charge in [0.25, 0.3) is 0 Å². The molecule has 26 heavy (non-hydrogen) atoms. The van der Waals surface area contributed by atoms with Crippen LogP contribution in [0.5, 0.6) is 0 Å². The first-order valence-electron chi connectivity index (χ1n) is 10.2. The van der Waals surface area contributed by atoms with Gasteiger partial charge < -0.3 is 10.2 Å². The van der Waals surface area contributed by atoms with Gasteiger partial charge >= 0.3 is 0 Å². The van der Waals surface area contributed by atoms with E-state index in [0.717, 1.165) is 37.8 Å². The zero-order chi connectivity index (χ0) is 18.5. The molecular formula is C22H33N3O. The van der Waals surface area contributed by atoms with Crippen molar-refractivity contribution in [3.8, 4) is 0 Å². The van der Waals surface area contributed by atoms with Gasteiger partial charge in [0, 0.05) is 35.6 Å². The second-order valence-electron chi connectivity index (χ2n) is 9.40. The second-order valence-corrected chi connectivity index (χ2v) is 9.40. The van der Waals surface area contributed by atoms with E-state index >= 15 is 0 Å². The fourth-order valence-electron chi connectivity index (χ4n) is 4.74. The molecule has 4 nitrogen and oxygen atoms in total. The largest absolute Gasteiger partial charge is 0.317 e. The average molecular weight is 356 g/mol. The van der Waals surface area contributed by atoms with Gasteiger partial charge in [-0.2, -0.15) is 0 Å². The summed E-state index contributed by atoms with van der Waals surface area (Å²) in [6.45, 7) is 9.16. The molecule has 2 atom stereocenters. The van der Waals surface area contributed by atoms with E-state index in [9.17, 15) is 4.79 Å². The molecule has 1 N–H and O–H groups in total. The Morgan fingerprint density at radius 1 is 1.23 bits per heavy atom. The maximum Gasteiger partial charge on any atom is 0.232 e. The van der Waals surface area contributed by atoms with E-state index in [1.165, 1.54) is 30.4 Å². The number of piperidine rings is 1. The summed E-state index contributed by atoms with van der Waals surface area (Å²) >= 11 is 0. The number of carbonyl (C=O) groups excluding carboxylic acids is 1. The summed E-state index contributed by atoms with van der Waals surface area (Å²) < 4.78 is 0. The summed E-state index contributed by atoms with van der Waals surface area (Å²) in [6.07, 6.45) is 4.82. The quantitative estimate of drug-likeness (QED) is 0.905. The van der Waals surface area contributed by atoms with Crippen LogP contribution in [-0.2, 0) is 11.2 Å². The number of amides is 1. The number of fused-ring (bicyclic) bond motifs is 1. The number of carbonyl (C=O) groups is 1. The molecule has 2 heterocycles. The number of rotatable bonds is 3. The van der Waals surface area contributed by atoms with Crippen LogP contribution in [0, 0.1) is 5.41 Å². The molecule has 2 unspecified atom stereocenters. The first kappa shape index (κ1) is 18.0. The summed E-state index contributed by atoms with van der Waals surface area (Å²) in [5.41, 5.74) is 3.65. The molecule has 1 aromatic carbocycles. The van der Waals surface area contributed by atoms with E-state index < -0.39 is 0 Å². The Labute approximate surface area is 157 Å². The Hall–Kier alpha value is -1.39. The minimum absolute atomic E-state index is 0.235. The van der Waals surface area contributed by atoms with E-state index in [2.05, 4.69) is 35.5 Å². The van der Waals surface area contributed by atoms with Crippen molar-refractivity contribution >= 4 is 11.6 Å². The number of nitrogens with zero attached hydrogens (tertiary/aromatic N) is 2. The van der Waals surface area contributed by atoms with E-state index in [1.807, 2.05) is 25.7 Å². The molecule has 1 saturated carbocycles. The number of hydrogen-bond acceptors (Lipinski definition) is 3. The molecule has 142 valence electrons. The Kier molecular flexibility index (Phi) is 4.60. The van der Waals surface area contributed by atoms with E-state index in [4.69, 9.17) is 0 Å². The van der Waals surface area contributed by atoms with Gasteiger partial charge in [0.2, 0.25) is 5.91 Å². The first-order chi connectivity index (χ1) is 12.4. The minimum atomic E-state index is -0.320. The Bertz CT molecular complexity index is 687. The van der Waals surface area contributed by atoms with Crippen LogP contribution in [0.25, 0.3) is 0 Å². The molecule has 1 saturated heterocycles. The van der Waals surface area contributed by atoms with E-state index in [0.29, 0.717) is 12.0 Å². The standard InChI is InChI=1S/C22H33N3O/c1-22(2,3)21(26)25-12-9-16-13-15(5-6-19(16)25)18-14-20(18)24(4)17-7-10-23-11-8-17/h5-6,13,17-18,20,23H,7-12,14H2,1-4H3. The fourth-order valence-corrected chi connectivity index (χ4v) is 4.74. The topological polar surface area (TPSA) is 35.6 Å². The number of anilines is 1. The molecule has 0 aromatic heterocycles. The maximum absolute atomic E-state index is 12.7. The third kappa shape index (κ3) is 3.29. The van der Waals surface area contributed by atoms with Gasteiger partial charge in [-0.15, -0.1) is 0 Å². The normalized spacial score (nSPS) is 26.3. The molecular weight excluding hydrogens is 322 g/mol. The zero-order valence-corrected chi connectivity index (χ0v) is 16.7. The third-order valence-electron chi connectivity index (χ3n) is 6.48. The molecule has 1 amide bonds. The van der Waals surface area contributed by atoms with Crippen LogP contribution in [-0.4, -0.2) is 49.6 Å². The molecule has 2 fully saturated rings. The predicted molar refractivity (Wildman–Crippen MR) is 107 cm³/mol. The summed E-state index contributed by atoms with van der Waals surface area (Å²) in [7, 11) is 2.32. The molecule has 3 aliphatic rings. The zero-order valence-electron chi connectivity index (χ0n) is 16.7. The lowest BCUT2D eigenvalue weighted by molar-refractivity contribution is -0.125. The first-order valence-corrected chi connectivity index (χ1v) is 10.2. The molecule has 4 heteroatoms. The lowest BCUT2D eigenvalue weighted by Crippen LogP contribution is -2.42. The van der Waals surface area contributed by atoms with Crippen molar-refractivity contribution in [2.75, 3.05) is 31.6 Å². The van der Waals surface area contributed by atoms with Gasteiger partial charge in [0.1, 0.15) is 0 Å². The number of benzene rings is 1. The Morgan fingerprint density at radius 3 is 2.65 bits per heavy atom. The molecule has 0 radical (unpaired) electrons. The third-order valence-corrected chi connectivity index (χ3v) is 6.48. The van der Waals surface area contributed by atoms with Crippen LogP contribution in [0.4, 0.5) is 5.69 Å². The molecule has 2 aliphatic heterocycles. The van der Waals surface area contributed by atoms with Crippen LogP contribution >= 0.6 is 0 Å². The summed E-state index contributed by atoms with van der Waals surface area (Å²) in [4.78, 5) is 17.3. The average Bonchev–Trinajstić information content (AvgIpc) is 3.32. The van der Waals surface area contributed by atoms with Crippen molar-refractivity contribution in [2.24, 2.45) is 5.41 Å². The van der Waals surface area contributed by atoms with Crippen molar-refractivity contribution < 1.29 is 4.79 Å². The van der Waals surface area contributed by atoms with Crippen molar-refractivity contribution in [1.82, 2.24) is 10.2 Å². The van der Waals surface area contributed by atoms with Crippen molar-refractivity contribution in [3.63, 3.8) is 0 Å². The van der Waals surface area contributed by atoms with Gasteiger partial charge in [-0.05, 0) is 63.0 Å². The fraction of sp³-hybridized carbons (Fsp3) is 0.682. The van der Waals surface area contributed by atoms with Crippen molar-refractivity contribution in [1.29, 1.82) is 0 Å². The maximum atomic E-state index is 12.7. The van der Waals surface area contributed by atoms with Crippen LogP contribution < -0.4 is 10.2 Å². The highest BCUT2D eigenvalue weighted by Gasteiger charge is 2.44. The van der Waals surface area contributed by atoms with Gasteiger partial charge in [0.15, 0.2) is 0 Å². The lowest BCUT2D eigenvalue weighted by Gasteiger charge is -2.32. The monoisotopic (exact) mass is 355 g/mol. The highest BCUT2D eigenvalue weighted by Crippen LogP contribution is 2.47. The second kappa shape index (κ2) is 6.65. The summed E-state index contributed by atoms with van der Waals surface area (Å²) in [6, 6.07) is 8.28. The molecule has 1 aliphatic carbocycles. The number of nitrogens with one attached hydrogen (secondary N) is 1. The number of hydrogen-bond donors (Lipinski definition) is 1. The van der Waals surface area contributed by atoms with Gasteiger partial charge in [-0.3, -0.25) is 9.69 Å². The van der Waals surface area contributed by atoms with Crippen molar-refractivity contribution in [2.45, 2.75) is 64.5 Å². The smallest absolute Gasteiger partial charge is 0.232 e. The van der Waals surface area contributed by atoms with E-state index in [1.54, 1.807) is 0 Å². The summed E-state index contributed by atoms with van der Waals surface area (Å²) in [5.74, 6) is 0.909. The molecule has 0 bridgehead atoms. The lowest BCUT2D eigenvalue weighted by atomic mass is 9.94. The Balaban J connectivity index is 1.45. The van der Waals surface area contributed by atoms with Gasteiger partial charge in [0.05, 0.1) is 0 Å². The molecule has 0 spiro atoms. The highest BCUT2D eigenvalue weighted by atomic mass is 16.2. The Morgan fingerprint density at radius 2 is 1.96 bits per heavy atom. The van der Waals surface area contributed by atoms with Crippen molar-refractivity contribution in [3.05, 3.63) is 29.3 Å². The summed E-state index contributed by atoms with van der Waals surface area (Å²) in [5, 5.41) is 3.46. The molecule has 1 aromatic rings. The van der Waals surface area contributed by atoms with Crippen LogP contribution in [0.15, 0.2) is 18.2 Å². The van der Waals surface area contributed by atoms with Crippen LogP contribution in [0.1, 0.15) is 57.1 Å². The van der Waals surface area contributed by atoms with E-state index in [-0.39, 0.29) is 11.3 Å². The number of likely N-dealkylation sites (N-methyl/N-ethyl adjacent to an activating group) is 1. The van der Waals surface area contributed by atoms with Crippen LogP contribution in [0.3, 0.4) is 0 Å². The molecule has 4 rings (SSSR count). The highest BCUT2D eigenvalue weighted by molar-refractivity contribution is 5.98. The van der Waals surface area contributed by atoms with Crippen LogP contribution in [0.2, 0.25) is 0 Å². The van der Waals surface area contributed by atoms with Gasteiger partial charge in [-0.1, -0.05) is 32.9 Å². The SMILES string of the molecule is CN(C1CCNCC1)C1CC1c1ccc2c(c1)CCN2C(=O)C(C)(C)C. The minimum Gasteiger partial charge on any atom is -0.317 e. The predicted octanol–water partition coefficient (Wildman–Crippen LogP) is 3.16.